The van der Waals surface area contributed by atoms with Crippen LogP contribution in [0.3, 0.4) is 0 Å². The van der Waals surface area contributed by atoms with Crippen molar-refractivity contribution in [3.8, 4) is 0 Å². The molecule has 7 heteroatoms. The van der Waals surface area contributed by atoms with Crippen molar-refractivity contribution < 1.29 is 14.3 Å². The summed E-state index contributed by atoms with van der Waals surface area (Å²) >= 11 is 7.40. The molecule has 2 aromatic rings. The van der Waals surface area contributed by atoms with Crippen LogP contribution in [-0.2, 0) is 20.9 Å². The van der Waals surface area contributed by atoms with Crippen molar-refractivity contribution in [3.63, 3.8) is 0 Å². The van der Waals surface area contributed by atoms with Crippen LogP contribution in [0, 0.1) is 6.92 Å². The second-order valence-electron chi connectivity index (χ2n) is 5.19. The van der Waals surface area contributed by atoms with Crippen molar-refractivity contribution >= 4 is 34.8 Å². The molecule has 2 rings (SSSR count). The number of carbonyl (C=O) groups excluding carboxylic acids is 2. The third-order valence-electron chi connectivity index (χ3n) is 3.38. The topological polar surface area (TPSA) is 67.4 Å². The maximum Gasteiger partial charge on any atom is 0.309 e. The first-order valence-corrected chi connectivity index (χ1v) is 8.58. The molecule has 1 aromatic carbocycles. The Morgan fingerprint density at radius 1 is 1.12 bits per heavy atom. The molecular weight excluding hydrogens is 348 g/mol. The Morgan fingerprint density at radius 2 is 1.79 bits per heavy atom. The summed E-state index contributed by atoms with van der Waals surface area (Å²) < 4.78 is 5.37. The predicted octanol–water partition coefficient (Wildman–Crippen LogP) is 2.83. The van der Waals surface area contributed by atoms with Gasteiger partial charge in [-0.05, 0) is 36.8 Å². The highest BCUT2D eigenvalue weighted by Gasteiger charge is 2.17. The highest BCUT2D eigenvalue weighted by Crippen LogP contribution is 2.24. The largest absolute Gasteiger partial charge is 0.374 e. The van der Waals surface area contributed by atoms with Gasteiger partial charge in [0.15, 0.2) is 0 Å². The summed E-state index contributed by atoms with van der Waals surface area (Å²) in [5, 5.41) is 5.79. The van der Waals surface area contributed by atoms with Crippen molar-refractivity contribution in [1.82, 2.24) is 10.6 Å². The van der Waals surface area contributed by atoms with Crippen LogP contribution >= 0.6 is 22.9 Å². The molecule has 0 aliphatic rings. The van der Waals surface area contributed by atoms with Crippen molar-refractivity contribution in [2.24, 2.45) is 0 Å². The molecule has 128 valence electrons. The minimum absolute atomic E-state index is 0.240. The Balaban J connectivity index is 1.80. The summed E-state index contributed by atoms with van der Waals surface area (Å²) in [4.78, 5) is 25.9. The molecule has 1 heterocycles. The monoisotopic (exact) mass is 366 g/mol. The summed E-state index contributed by atoms with van der Waals surface area (Å²) in [6.07, 6.45) is -0.267. The van der Waals surface area contributed by atoms with Crippen LogP contribution in [0.4, 0.5) is 0 Å². The summed E-state index contributed by atoms with van der Waals surface area (Å²) in [5.41, 5.74) is 0.865. The van der Waals surface area contributed by atoms with Crippen molar-refractivity contribution in [2.75, 3.05) is 13.7 Å². The van der Waals surface area contributed by atoms with Gasteiger partial charge in [-0.3, -0.25) is 9.59 Å². The molecule has 1 aromatic heterocycles. The fourth-order valence-electron chi connectivity index (χ4n) is 2.06. The van der Waals surface area contributed by atoms with E-state index in [1.54, 1.807) is 42.7 Å². The van der Waals surface area contributed by atoms with Gasteiger partial charge in [0.2, 0.25) is 0 Å². The molecule has 1 atom stereocenters. The van der Waals surface area contributed by atoms with Crippen molar-refractivity contribution in [1.29, 1.82) is 0 Å². The van der Waals surface area contributed by atoms with Crippen LogP contribution in [0.1, 0.15) is 21.4 Å². The van der Waals surface area contributed by atoms with Crippen LogP contribution in [-0.4, -0.2) is 25.5 Å². The van der Waals surface area contributed by atoms with E-state index in [9.17, 15) is 9.59 Å². The van der Waals surface area contributed by atoms with Crippen molar-refractivity contribution in [2.45, 2.75) is 19.6 Å². The van der Waals surface area contributed by atoms with E-state index in [1.165, 1.54) is 4.88 Å². The SMILES string of the molecule is COC(CNC(=O)C(=O)NCc1ccc(Cl)cc1)c1ccc(C)s1. The van der Waals surface area contributed by atoms with Gasteiger partial charge in [-0.2, -0.15) is 0 Å². The number of amides is 2. The Morgan fingerprint density at radius 3 is 2.38 bits per heavy atom. The van der Waals surface area contributed by atoms with Crippen LogP contribution in [0.2, 0.25) is 5.02 Å². The third kappa shape index (κ3) is 5.33. The predicted molar refractivity (Wildman–Crippen MR) is 95.1 cm³/mol. The number of thiophene rings is 1. The molecule has 0 saturated heterocycles. The fraction of sp³-hybridized carbons (Fsp3) is 0.294. The zero-order valence-corrected chi connectivity index (χ0v) is 15.0. The summed E-state index contributed by atoms with van der Waals surface area (Å²) in [7, 11) is 1.58. The quantitative estimate of drug-likeness (QED) is 0.772. The number of hydrogen-bond acceptors (Lipinski definition) is 4. The molecule has 0 fully saturated rings. The normalized spacial score (nSPS) is 11.8. The van der Waals surface area contributed by atoms with E-state index >= 15 is 0 Å². The van der Waals surface area contributed by atoms with Crippen LogP contribution in [0.25, 0.3) is 0 Å². The first-order chi connectivity index (χ1) is 11.5. The van der Waals surface area contributed by atoms with Crippen LogP contribution in [0.5, 0.6) is 0 Å². The summed E-state index contributed by atoms with van der Waals surface area (Å²) in [5.74, 6) is -1.36. The lowest BCUT2D eigenvalue weighted by atomic mass is 10.2. The lowest BCUT2D eigenvalue weighted by Crippen LogP contribution is -2.41. The van der Waals surface area contributed by atoms with E-state index in [0.717, 1.165) is 10.4 Å². The lowest BCUT2D eigenvalue weighted by molar-refractivity contribution is -0.139. The second kappa shape index (κ2) is 8.82. The highest BCUT2D eigenvalue weighted by atomic mass is 35.5. The zero-order valence-electron chi connectivity index (χ0n) is 13.5. The van der Waals surface area contributed by atoms with Gasteiger partial charge in [0, 0.05) is 35.0 Å². The molecule has 0 spiro atoms. The summed E-state index contributed by atoms with van der Waals surface area (Å²) in [6.45, 7) is 2.51. The van der Waals surface area contributed by atoms with E-state index in [0.29, 0.717) is 5.02 Å². The van der Waals surface area contributed by atoms with E-state index in [2.05, 4.69) is 10.6 Å². The average molecular weight is 367 g/mol. The maximum atomic E-state index is 11.9. The Bertz CT molecular complexity index is 700. The number of ether oxygens (including phenoxy) is 1. The van der Waals surface area contributed by atoms with E-state index in [1.807, 2.05) is 19.1 Å². The minimum Gasteiger partial charge on any atom is -0.374 e. The molecule has 5 nitrogen and oxygen atoms in total. The number of nitrogens with one attached hydrogen (secondary N) is 2. The number of carbonyl (C=O) groups is 2. The number of methoxy groups -OCH3 is 1. The van der Waals surface area contributed by atoms with E-state index < -0.39 is 11.8 Å². The second-order valence-corrected chi connectivity index (χ2v) is 6.95. The molecule has 0 aliphatic heterocycles. The average Bonchev–Trinajstić information content (AvgIpc) is 3.00. The Labute approximate surface area is 150 Å². The molecule has 0 saturated carbocycles. The van der Waals surface area contributed by atoms with Gasteiger partial charge in [-0.15, -0.1) is 11.3 Å². The van der Waals surface area contributed by atoms with Gasteiger partial charge in [-0.1, -0.05) is 23.7 Å². The van der Waals surface area contributed by atoms with Gasteiger partial charge in [0.1, 0.15) is 6.10 Å². The number of aryl methyl sites for hydroxylation is 1. The third-order valence-corrected chi connectivity index (χ3v) is 4.73. The molecule has 24 heavy (non-hydrogen) atoms. The molecule has 0 radical (unpaired) electrons. The van der Waals surface area contributed by atoms with Gasteiger partial charge < -0.3 is 15.4 Å². The standard InChI is InChI=1S/C17H19ClN2O3S/c1-11-3-8-15(24-11)14(23-2)10-20-17(22)16(21)19-9-12-4-6-13(18)7-5-12/h3-8,14H,9-10H2,1-2H3,(H,19,21)(H,20,22). The van der Waals surface area contributed by atoms with Gasteiger partial charge >= 0.3 is 11.8 Å². The molecule has 1 unspecified atom stereocenters. The maximum absolute atomic E-state index is 11.9. The first kappa shape index (κ1) is 18.4. The van der Waals surface area contributed by atoms with Gasteiger partial charge in [0.25, 0.3) is 0 Å². The number of hydrogen-bond donors (Lipinski definition) is 2. The smallest absolute Gasteiger partial charge is 0.309 e. The fourth-order valence-corrected chi connectivity index (χ4v) is 3.14. The zero-order chi connectivity index (χ0) is 17.5. The Kier molecular flexibility index (Phi) is 6.78. The Hall–Kier alpha value is -1.89. The van der Waals surface area contributed by atoms with Crippen molar-refractivity contribution in [3.05, 3.63) is 56.7 Å². The summed E-state index contributed by atoms with van der Waals surface area (Å²) in [6, 6.07) is 11.0. The van der Waals surface area contributed by atoms with Crippen LogP contribution in [0.15, 0.2) is 36.4 Å². The van der Waals surface area contributed by atoms with Gasteiger partial charge in [-0.25, -0.2) is 0 Å². The number of rotatable bonds is 6. The van der Waals surface area contributed by atoms with Crippen LogP contribution < -0.4 is 10.6 Å². The number of halogens is 1. The lowest BCUT2D eigenvalue weighted by Gasteiger charge is -2.14. The molecule has 2 N–H and O–H groups in total. The van der Waals surface area contributed by atoms with Gasteiger partial charge in [0.05, 0.1) is 0 Å². The molecule has 0 aliphatic carbocycles. The van der Waals surface area contributed by atoms with E-state index in [4.69, 9.17) is 16.3 Å². The highest BCUT2D eigenvalue weighted by molar-refractivity contribution is 7.12. The minimum atomic E-state index is -0.681. The number of benzene rings is 1. The molecule has 0 bridgehead atoms. The van der Waals surface area contributed by atoms with E-state index in [-0.39, 0.29) is 19.2 Å². The molecular formula is C17H19ClN2O3S. The molecule has 2 amide bonds. The first-order valence-electron chi connectivity index (χ1n) is 7.39.